The molecule has 0 fully saturated rings. The van der Waals surface area contributed by atoms with Crippen LogP contribution < -0.4 is 0 Å². The van der Waals surface area contributed by atoms with Crippen molar-refractivity contribution in [2.75, 3.05) is 6.61 Å². The number of hydrogen-bond donors (Lipinski definition) is 0. The lowest BCUT2D eigenvalue weighted by Gasteiger charge is -2.16. The van der Waals surface area contributed by atoms with Crippen molar-refractivity contribution in [1.29, 1.82) is 0 Å². The molecule has 0 aromatic rings. The van der Waals surface area contributed by atoms with Gasteiger partial charge >= 0.3 is 8.69 Å². The van der Waals surface area contributed by atoms with E-state index in [1.54, 1.807) is 0 Å². The molecule has 0 N–H and O–H groups in total. The van der Waals surface area contributed by atoms with Gasteiger partial charge < -0.3 is 0 Å². The highest BCUT2D eigenvalue weighted by Crippen LogP contribution is 2.23. The summed E-state index contributed by atoms with van der Waals surface area (Å²) < 4.78 is 15.3. The van der Waals surface area contributed by atoms with Crippen molar-refractivity contribution in [3.05, 3.63) is 0 Å². The molecule has 0 bridgehead atoms. The minimum Gasteiger partial charge on any atom is -0.294 e. The summed E-state index contributed by atoms with van der Waals surface area (Å²) in [5, 5.41) is 0. The first-order chi connectivity index (χ1) is 11.3. The molecule has 0 saturated carbocycles. The summed E-state index contributed by atoms with van der Waals surface area (Å²) in [5.41, 5.74) is 0. The van der Waals surface area contributed by atoms with Crippen molar-refractivity contribution >= 4 is 8.69 Å². The third-order valence-electron chi connectivity index (χ3n) is 4.83. The molecule has 0 saturated heterocycles. The van der Waals surface area contributed by atoms with Crippen molar-refractivity contribution in [2.24, 2.45) is 5.92 Å². The molecule has 0 aromatic carbocycles. The smallest absolute Gasteiger partial charge is 0.294 e. The summed E-state index contributed by atoms with van der Waals surface area (Å²) in [7, 11) is -0.163. The molecule has 0 aromatic heterocycles. The maximum Gasteiger partial charge on any atom is 0.327 e. The second-order valence-electron chi connectivity index (χ2n) is 7.03. The lowest BCUT2D eigenvalue weighted by Crippen LogP contribution is -2.03. The highest BCUT2D eigenvalue weighted by atomic mass is 31.1. The van der Waals surface area contributed by atoms with Crippen LogP contribution in [-0.2, 0) is 9.09 Å². The van der Waals surface area contributed by atoms with Gasteiger partial charge in [0.1, 0.15) is 0 Å². The molecule has 2 nitrogen and oxygen atoms in total. The summed E-state index contributed by atoms with van der Waals surface area (Å²) in [4.78, 5) is 0. The summed E-state index contributed by atoms with van der Waals surface area (Å²) in [5.74, 6) is 0.860. The molecular formula is C20H41O2P. The normalized spacial score (nSPS) is 11.6. The van der Waals surface area contributed by atoms with Gasteiger partial charge in [0, 0.05) is 0 Å². The molecule has 0 heterocycles. The summed E-state index contributed by atoms with van der Waals surface area (Å²) >= 11 is 0. The fourth-order valence-corrected chi connectivity index (χ4v) is 3.54. The molecule has 0 aliphatic heterocycles. The number of hydrogen-bond acceptors (Lipinski definition) is 2. The van der Waals surface area contributed by atoms with Gasteiger partial charge in [0.05, 0.1) is 6.61 Å². The molecular weight excluding hydrogens is 303 g/mol. The van der Waals surface area contributed by atoms with Crippen LogP contribution in [0.4, 0.5) is 0 Å². The van der Waals surface area contributed by atoms with Crippen LogP contribution in [0.1, 0.15) is 117 Å². The van der Waals surface area contributed by atoms with Gasteiger partial charge in [0.25, 0.3) is 0 Å². The van der Waals surface area contributed by atoms with Gasteiger partial charge in [-0.1, -0.05) is 104 Å². The lowest BCUT2D eigenvalue weighted by atomic mass is 9.90. The first-order valence-corrected chi connectivity index (χ1v) is 11.0. The molecule has 0 radical (unpaired) electrons. The Morgan fingerprint density at radius 3 is 1.57 bits per heavy atom. The minimum absolute atomic E-state index is 0.163. The third-order valence-corrected chi connectivity index (χ3v) is 5.12. The first-order valence-electron chi connectivity index (χ1n) is 10.3. The van der Waals surface area contributed by atoms with Crippen LogP contribution in [-0.4, -0.2) is 6.61 Å². The maximum absolute atomic E-state index is 10.3. The SMILES string of the molecule is CCCCCCCCC(CCCCCCCC)CCCOP=O. The largest absolute Gasteiger partial charge is 0.327 e. The van der Waals surface area contributed by atoms with Gasteiger partial charge in [0.2, 0.25) is 0 Å². The predicted octanol–water partition coefficient (Wildman–Crippen LogP) is 8.11. The maximum atomic E-state index is 10.3. The Morgan fingerprint density at radius 1 is 0.652 bits per heavy atom. The average molecular weight is 345 g/mol. The van der Waals surface area contributed by atoms with Gasteiger partial charge in [-0.05, 0) is 18.8 Å². The molecule has 0 aliphatic carbocycles. The van der Waals surface area contributed by atoms with E-state index in [0.29, 0.717) is 6.61 Å². The van der Waals surface area contributed by atoms with E-state index >= 15 is 0 Å². The Kier molecular flexibility index (Phi) is 20.2. The van der Waals surface area contributed by atoms with Crippen LogP contribution in [0.2, 0.25) is 0 Å². The quantitative estimate of drug-likeness (QED) is 0.175. The molecule has 3 heteroatoms. The highest BCUT2D eigenvalue weighted by molar-refractivity contribution is 7.17. The molecule has 0 atom stereocenters. The van der Waals surface area contributed by atoms with Crippen molar-refractivity contribution in [2.45, 2.75) is 117 Å². The summed E-state index contributed by atoms with van der Waals surface area (Å²) in [6.45, 7) is 5.20. The molecule has 0 spiro atoms. The van der Waals surface area contributed by atoms with Gasteiger partial charge in [-0.25, -0.2) is 4.57 Å². The van der Waals surface area contributed by atoms with Gasteiger partial charge in [-0.3, -0.25) is 4.52 Å². The van der Waals surface area contributed by atoms with Gasteiger partial charge in [0.15, 0.2) is 0 Å². The van der Waals surface area contributed by atoms with Gasteiger partial charge in [-0.15, -0.1) is 0 Å². The van der Waals surface area contributed by atoms with E-state index < -0.39 is 0 Å². The third kappa shape index (κ3) is 18.2. The first kappa shape index (κ1) is 23.1. The fourth-order valence-electron chi connectivity index (χ4n) is 3.33. The van der Waals surface area contributed by atoms with Crippen LogP contribution in [0.3, 0.4) is 0 Å². The minimum atomic E-state index is -0.163. The van der Waals surface area contributed by atoms with E-state index in [2.05, 4.69) is 13.8 Å². The monoisotopic (exact) mass is 344 g/mol. The Morgan fingerprint density at radius 2 is 1.09 bits per heavy atom. The topological polar surface area (TPSA) is 26.3 Å². The Balaban J connectivity index is 3.72. The van der Waals surface area contributed by atoms with Crippen LogP contribution in [0.5, 0.6) is 0 Å². The summed E-state index contributed by atoms with van der Waals surface area (Å²) in [6.07, 6.45) is 21.8. The Bertz CT molecular complexity index is 218. The van der Waals surface area contributed by atoms with Crippen molar-refractivity contribution in [1.82, 2.24) is 0 Å². The molecule has 0 aliphatic rings. The van der Waals surface area contributed by atoms with E-state index in [0.717, 1.165) is 12.3 Å². The average Bonchev–Trinajstić information content (AvgIpc) is 2.57. The zero-order valence-corrected chi connectivity index (χ0v) is 16.8. The Labute approximate surface area is 147 Å². The zero-order chi connectivity index (χ0) is 17.0. The van der Waals surface area contributed by atoms with Crippen molar-refractivity contribution in [3.63, 3.8) is 0 Å². The molecule has 23 heavy (non-hydrogen) atoms. The van der Waals surface area contributed by atoms with E-state index in [1.807, 2.05) is 0 Å². The molecule has 138 valence electrons. The molecule has 0 amide bonds. The van der Waals surface area contributed by atoms with E-state index in [9.17, 15) is 4.57 Å². The number of unbranched alkanes of at least 4 members (excludes halogenated alkanes) is 10. The summed E-state index contributed by atoms with van der Waals surface area (Å²) in [6, 6.07) is 0. The zero-order valence-electron chi connectivity index (χ0n) is 15.9. The van der Waals surface area contributed by atoms with Crippen LogP contribution >= 0.6 is 8.69 Å². The molecule has 0 unspecified atom stereocenters. The van der Waals surface area contributed by atoms with Crippen LogP contribution in [0.25, 0.3) is 0 Å². The fraction of sp³-hybridized carbons (Fsp3) is 1.00. The number of rotatable bonds is 19. The standard InChI is InChI=1S/C20H41O2P/c1-3-5-7-9-11-13-16-20(18-15-19-22-23-21)17-14-12-10-8-6-4-2/h20H,3-19H2,1-2H3. The second kappa shape index (κ2) is 20.1. The predicted molar refractivity (Wildman–Crippen MR) is 102 cm³/mol. The molecule has 0 rings (SSSR count). The van der Waals surface area contributed by atoms with Crippen LogP contribution in [0, 0.1) is 5.92 Å². The highest BCUT2D eigenvalue weighted by Gasteiger charge is 2.08. The van der Waals surface area contributed by atoms with Gasteiger partial charge in [-0.2, -0.15) is 0 Å². The Hall–Kier alpha value is 0.0600. The van der Waals surface area contributed by atoms with E-state index in [4.69, 9.17) is 4.52 Å². The van der Waals surface area contributed by atoms with Crippen LogP contribution in [0.15, 0.2) is 0 Å². The lowest BCUT2D eigenvalue weighted by molar-refractivity contribution is 0.297. The van der Waals surface area contributed by atoms with E-state index in [1.165, 1.54) is 96.3 Å². The van der Waals surface area contributed by atoms with Crippen molar-refractivity contribution in [3.8, 4) is 0 Å². The van der Waals surface area contributed by atoms with E-state index in [-0.39, 0.29) is 8.69 Å². The second-order valence-corrected chi connectivity index (χ2v) is 7.44. The van der Waals surface area contributed by atoms with Crippen molar-refractivity contribution < 1.29 is 9.09 Å².